The molecule has 1 aliphatic heterocycles. The van der Waals surface area contributed by atoms with E-state index >= 15 is 0 Å². The van der Waals surface area contributed by atoms with Crippen LogP contribution in [0.15, 0.2) is 36.4 Å². The number of Topliss-reactive ketones (excluding diaryl/α,β-unsaturated/α-hetero) is 1. The summed E-state index contributed by atoms with van der Waals surface area (Å²) in [4.78, 5) is 22.4. The van der Waals surface area contributed by atoms with Gasteiger partial charge in [-0.2, -0.15) is 0 Å². The molecule has 0 N–H and O–H groups in total. The highest BCUT2D eigenvalue weighted by molar-refractivity contribution is 6.04. The van der Waals surface area contributed by atoms with E-state index in [2.05, 4.69) is 4.74 Å². The van der Waals surface area contributed by atoms with E-state index in [4.69, 9.17) is 0 Å². The van der Waals surface area contributed by atoms with E-state index in [1.807, 2.05) is 42.5 Å². The zero-order valence-corrected chi connectivity index (χ0v) is 8.76. The van der Waals surface area contributed by atoms with Crippen LogP contribution in [0.25, 0.3) is 6.08 Å². The summed E-state index contributed by atoms with van der Waals surface area (Å²) in [7, 11) is 0. The molecule has 1 fully saturated rings. The van der Waals surface area contributed by atoms with Crippen LogP contribution in [-0.2, 0) is 14.3 Å². The Bertz CT molecular complexity index is 404. The summed E-state index contributed by atoms with van der Waals surface area (Å²) in [6.07, 6.45) is 4.16. The largest absolute Gasteiger partial charge is 0.457 e. The predicted molar refractivity (Wildman–Crippen MR) is 59.5 cm³/mol. The third kappa shape index (κ3) is 2.37. The molecule has 0 aromatic heterocycles. The van der Waals surface area contributed by atoms with Crippen LogP contribution in [0.3, 0.4) is 0 Å². The maximum atomic E-state index is 11.2. The summed E-state index contributed by atoms with van der Waals surface area (Å²) in [5.41, 5.74) is 1.06. The van der Waals surface area contributed by atoms with Gasteiger partial charge in [-0.1, -0.05) is 42.5 Å². The molecule has 0 saturated carbocycles. The molecule has 3 heteroatoms. The first-order valence-corrected chi connectivity index (χ1v) is 5.18. The molecule has 1 saturated heterocycles. The molecule has 0 bridgehead atoms. The standard InChI is InChI=1S/C13H12O3/c14-12-9-16-13(15)11(12)8-4-7-10-5-2-1-3-6-10/h1-7,11H,8-9H2. The lowest BCUT2D eigenvalue weighted by atomic mass is 10.0. The highest BCUT2D eigenvalue weighted by Gasteiger charge is 2.33. The number of hydrogen-bond acceptors (Lipinski definition) is 3. The van der Waals surface area contributed by atoms with E-state index in [9.17, 15) is 9.59 Å². The molecule has 3 nitrogen and oxygen atoms in total. The van der Waals surface area contributed by atoms with Crippen molar-refractivity contribution >= 4 is 17.8 Å². The SMILES string of the molecule is O=C1COC(=O)C1CC=Cc1ccccc1. The Balaban J connectivity index is 1.95. The van der Waals surface area contributed by atoms with Crippen molar-refractivity contribution in [1.29, 1.82) is 0 Å². The number of esters is 1. The third-order valence-electron chi connectivity index (χ3n) is 2.51. The van der Waals surface area contributed by atoms with Gasteiger partial charge in [-0.05, 0) is 12.0 Å². The van der Waals surface area contributed by atoms with Crippen LogP contribution < -0.4 is 0 Å². The van der Waals surface area contributed by atoms with Crippen LogP contribution in [0.4, 0.5) is 0 Å². The lowest BCUT2D eigenvalue weighted by molar-refractivity contribution is -0.141. The number of benzene rings is 1. The maximum Gasteiger partial charge on any atom is 0.317 e. The van der Waals surface area contributed by atoms with Gasteiger partial charge in [-0.25, -0.2) is 0 Å². The van der Waals surface area contributed by atoms with Gasteiger partial charge >= 0.3 is 5.97 Å². The van der Waals surface area contributed by atoms with E-state index in [0.717, 1.165) is 5.56 Å². The Hall–Kier alpha value is -1.90. The van der Waals surface area contributed by atoms with Gasteiger partial charge in [0.05, 0.1) is 0 Å². The molecule has 16 heavy (non-hydrogen) atoms. The highest BCUT2D eigenvalue weighted by Crippen LogP contribution is 2.16. The lowest BCUT2D eigenvalue weighted by Crippen LogP contribution is -2.13. The Morgan fingerprint density at radius 1 is 1.25 bits per heavy atom. The van der Waals surface area contributed by atoms with E-state index < -0.39 is 11.9 Å². The molecular formula is C13H12O3. The fourth-order valence-electron chi connectivity index (χ4n) is 1.61. The molecule has 1 atom stereocenters. The van der Waals surface area contributed by atoms with Crippen molar-refractivity contribution in [1.82, 2.24) is 0 Å². The molecule has 0 aliphatic carbocycles. The molecule has 1 aliphatic rings. The van der Waals surface area contributed by atoms with Gasteiger partial charge in [0.1, 0.15) is 5.92 Å². The van der Waals surface area contributed by atoms with Crippen LogP contribution in [0.1, 0.15) is 12.0 Å². The minimum atomic E-state index is -0.597. The van der Waals surface area contributed by atoms with E-state index in [-0.39, 0.29) is 12.4 Å². The summed E-state index contributed by atoms with van der Waals surface area (Å²) in [5, 5.41) is 0. The highest BCUT2D eigenvalue weighted by atomic mass is 16.5. The van der Waals surface area contributed by atoms with Crippen molar-refractivity contribution < 1.29 is 14.3 Å². The van der Waals surface area contributed by atoms with Crippen molar-refractivity contribution in [2.75, 3.05) is 6.61 Å². The smallest absolute Gasteiger partial charge is 0.317 e. The van der Waals surface area contributed by atoms with Gasteiger partial charge in [0, 0.05) is 0 Å². The zero-order valence-electron chi connectivity index (χ0n) is 8.76. The molecule has 0 radical (unpaired) electrons. The fourth-order valence-corrected chi connectivity index (χ4v) is 1.61. The Morgan fingerprint density at radius 2 is 2.00 bits per heavy atom. The summed E-state index contributed by atoms with van der Waals surface area (Å²) >= 11 is 0. The number of cyclic esters (lactones) is 1. The number of carbonyl (C=O) groups is 2. The maximum absolute atomic E-state index is 11.2. The van der Waals surface area contributed by atoms with Gasteiger partial charge in [0.2, 0.25) is 0 Å². The van der Waals surface area contributed by atoms with Crippen molar-refractivity contribution in [3.8, 4) is 0 Å². The second-order valence-electron chi connectivity index (χ2n) is 3.68. The summed E-state index contributed by atoms with van der Waals surface area (Å²) in [5.74, 6) is -1.12. The Labute approximate surface area is 93.7 Å². The number of ketones is 1. The number of allylic oxidation sites excluding steroid dienone is 1. The van der Waals surface area contributed by atoms with Crippen molar-refractivity contribution in [3.63, 3.8) is 0 Å². The average Bonchev–Trinajstić information content (AvgIpc) is 2.62. The van der Waals surface area contributed by atoms with Crippen molar-refractivity contribution in [2.24, 2.45) is 5.92 Å². The van der Waals surface area contributed by atoms with Gasteiger partial charge in [-0.15, -0.1) is 0 Å². The van der Waals surface area contributed by atoms with E-state index in [1.54, 1.807) is 0 Å². The molecule has 0 spiro atoms. The summed E-state index contributed by atoms with van der Waals surface area (Å²) in [6, 6.07) is 9.75. The van der Waals surface area contributed by atoms with Gasteiger partial charge in [0.15, 0.2) is 12.4 Å². The van der Waals surface area contributed by atoms with Crippen molar-refractivity contribution in [2.45, 2.75) is 6.42 Å². The molecule has 2 rings (SSSR count). The number of rotatable bonds is 3. The van der Waals surface area contributed by atoms with Gasteiger partial charge in [0.25, 0.3) is 0 Å². The molecule has 1 unspecified atom stereocenters. The van der Waals surface area contributed by atoms with E-state index in [0.29, 0.717) is 6.42 Å². The topological polar surface area (TPSA) is 43.4 Å². The third-order valence-corrected chi connectivity index (χ3v) is 2.51. The first kappa shape index (κ1) is 10.6. The van der Waals surface area contributed by atoms with Crippen LogP contribution in [0.5, 0.6) is 0 Å². The minimum absolute atomic E-state index is 0.0668. The fraction of sp³-hybridized carbons (Fsp3) is 0.231. The summed E-state index contributed by atoms with van der Waals surface area (Å²) in [6.45, 7) is -0.0668. The van der Waals surface area contributed by atoms with E-state index in [1.165, 1.54) is 0 Å². The molecule has 82 valence electrons. The zero-order chi connectivity index (χ0) is 11.4. The average molecular weight is 216 g/mol. The molecule has 1 aromatic rings. The summed E-state index contributed by atoms with van der Waals surface area (Å²) < 4.78 is 4.66. The lowest BCUT2D eigenvalue weighted by Gasteiger charge is -1.98. The van der Waals surface area contributed by atoms with Crippen LogP contribution in [-0.4, -0.2) is 18.4 Å². The Morgan fingerprint density at radius 3 is 2.62 bits per heavy atom. The molecular weight excluding hydrogens is 204 g/mol. The Kier molecular flexibility index (Phi) is 3.15. The number of hydrogen-bond donors (Lipinski definition) is 0. The molecule has 1 aromatic carbocycles. The first-order chi connectivity index (χ1) is 7.77. The number of ether oxygens (including phenoxy) is 1. The van der Waals surface area contributed by atoms with Crippen LogP contribution in [0.2, 0.25) is 0 Å². The molecule has 1 heterocycles. The molecule has 0 amide bonds. The second kappa shape index (κ2) is 4.75. The second-order valence-corrected chi connectivity index (χ2v) is 3.68. The van der Waals surface area contributed by atoms with Crippen molar-refractivity contribution in [3.05, 3.63) is 42.0 Å². The monoisotopic (exact) mass is 216 g/mol. The van der Waals surface area contributed by atoms with Gasteiger partial charge < -0.3 is 4.74 Å². The number of carbonyl (C=O) groups excluding carboxylic acids is 2. The van der Waals surface area contributed by atoms with Crippen LogP contribution in [0, 0.1) is 5.92 Å². The van der Waals surface area contributed by atoms with Gasteiger partial charge in [-0.3, -0.25) is 9.59 Å². The predicted octanol–water partition coefficient (Wildman–Crippen LogP) is 1.83. The minimum Gasteiger partial charge on any atom is -0.457 e. The normalized spacial score (nSPS) is 20.4. The first-order valence-electron chi connectivity index (χ1n) is 5.18. The quantitative estimate of drug-likeness (QED) is 0.572. The van der Waals surface area contributed by atoms with Crippen LogP contribution >= 0.6 is 0 Å².